The molecule has 1 aromatic carbocycles. The number of nitrogens with one attached hydrogen (secondary N) is 4. The number of hydrogen-bond acceptors (Lipinski definition) is 13. The van der Waals surface area contributed by atoms with Gasteiger partial charge < -0.3 is 46.3 Å². The third-order valence-corrected chi connectivity index (χ3v) is 10.4. The van der Waals surface area contributed by atoms with Crippen molar-refractivity contribution in [1.29, 1.82) is 0 Å². The van der Waals surface area contributed by atoms with Crippen LogP contribution in [0.15, 0.2) is 30.3 Å². The number of nitrogens with two attached hydrogens (primary N) is 1. The van der Waals surface area contributed by atoms with E-state index in [4.69, 9.17) is 31.7 Å². The van der Waals surface area contributed by atoms with Gasteiger partial charge in [-0.15, -0.1) is 0 Å². The SMILES string of the molecule is CC(C)C[C@H](NC(=O)[C@H](Cc1ccccc1)NC(=O)CNC(=O)CNC(=O)[C@@H](N)C[C]1[CH][CH][C](O)[CH][CH]1)C(=O)O.C[C]1[C](C)[C](C)[C](C)[C]1C.O=S(=O)([O-])C(F)(F)F.O=S(=O)([O-])C(F)(F)F.[Rh+2]. The first-order valence-electron chi connectivity index (χ1n) is 19.2. The number of carbonyl (C=O) groups is 5. The third-order valence-electron chi connectivity index (χ3n) is 9.23. The van der Waals surface area contributed by atoms with Crippen LogP contribution in [0.2, 0.25) is 0 Å². The second-order valence-corrected chi connectivity index (χ2v) is 17.5. The summed E-state index contributed by atoms with van der Waals surface area (Å²) in [7, 11) is -12.2. The number of aliphatic hydroxyl groups is 1. The first kappa shape index (κ1) is 65.6. The predicted molar refractivity (Wildman–Crippen MR) is 221 cm³/mol. The fourth-order valence-corrected chi connectivity index (χ4v) is 5.19. The maximum absolute atomic E-state index is 13.0. The number of alkyl halides is 6. The monoisotopic (exact) mass is 1090 g/mol. The molecular formula is C40H52F6N5O13RhS2. The summed E-state index contributed by atoms with van der Waals surface area (Å²) in [6, 6.07) is 5.76. The second kappa shape index (κ2) is 29.5. The molecule has 2 aliphatic rings. The first-order chi connectivity index (χ1) is 30.0. The van der Waals surface area contributed by atoms with Crippen LogP contribution in [0.4, 0.5) is 26.3 Å². The molecule has 0 aliphatic heterocycles. The molecule has 3 rings (SSSR count). The number of amides is 4. The van der Waals surface area contributed by atoms with Crippen molar-refractivity contribution in [3.8, 4) is 0 Å². The number of aliphatic carboxylic acids is 1. The Labute approximate surface area is 400 Å². The van der Waals surface area contributed by atoms with Gasteiger partial charge in [-0.1, -0.05) is 78.8 Å². The van der Waals surface area contributed by atoms with Gasteiger partial charge in [-0.3, -0.25) is 19.2 Å². The van der Waals surface area contributed by atoms with Gasteiger partial charge in [0.2, 0.25) is 23.6 Å². The van der Waals surface area contributed by atoms with Crippen molar-refractivity contribution in [2.24, 2.45) is 11.7 Å². The average molecular weight is 1090 g/mol. The van der Waals surface area contributed by atoms with Crippen LogP contribution >= 0.6 is 0 Å². The Morgan fingerprint density at radius 2 is 1.06 bits per heavy atom. The number of carboxylic acids is 1. The Morgan fingerprint density at radius 1 is 0.657 bits per heavy atom. The molecule has 3 atom stereocenters. The number of aliphatic hydroxyl groups excluding tert-OH is 1. The topological polar surface area (TPSA) is 314 Å². The molecular weight excluding hydrogens is 1040 g/mol. The van der Waals surface area contributed by atoms with Crippen LogP contribution in [-0.4, -0.2) is 108 Å². The number of hydrogen-bond donors (Lipinski definition) is 7. The zero-order valence-corrected chi connectivity index (χ0v) is 40.2. The van der Waals surface area contributed by atoms with Gasteiger partial charge in [-0.2, -0.15) is 26.3 Å². The minimum Gasteiger partial charge on any atom is -0.741 e. The van der Waals surface area contributed by atoms with E-state index in [1.165, 1.54) is 42.4 Å². The second-order valence-electron chi connectivity index (χ2n) is 14.7. The molecule has 27 heteroatoms. The van der Waals surface area contributed by atoms with E-state index in [1.54, 1.807) is 43.2 Å². The van der Waals surface area contributed by atoms with Crippen molar-refractivity contribution in [3.63, 3.8) is 0 Å². The Balaban J connectivity index is 0. The van der Waals surface area contributed by atoms with Crippen LogP contribution in [-0.2, 0) is 70.1 Å². The van der Waals surface area contributed by atoms with Crippen molar-refractivity contribution < 1.29 is 106 Å². The molecule has 12 radical (unpaired) electrons. The number of carboxylic acid groups (broad SMARTS) is 1. The van der Waals surface area contributed by atoms with E-state index in [9.17, 15) is 60.5 Å². The van der Waals surface area contributed by atoms with E-state index in [2.05, 4.69) is 55.9 Å². The van der Waals surface area contributed by atoms with Gasteiger partial charge >= 0.3 is 36.5 Å². The van der Waals surface area contributed by atoms with Crippen LogP contribution in [0.1, 0.15) is 66.9 Å². The van der Waals surface area contributed by atoms with Crippen molar-refractivity contribution in [3.05, 3.63) is 103 Å². The van der Waals surface area contributed by atoms with Crippen LogP contribution in [0, 0.1) is 73.2 Å². The Bertz CT molecular complexity index is 1840. The summed E-state index contributed by atoms with van der Waals surface area (Å²) in [4.78, 5) is 61.6. The quantitative estimate of drug-likeness (QED) is 0.0575. The number of halogens is 6. The van der Waals surface area contributed by atoms with Crippen LogP contribution in [0.3, 0.4) is 0 Å². The number of rotatable bonds is 15. The van der Waals surface area contributed by atoms with Crippen molar-refractivity contribution in [2.45, 2.75) is 96.9 Å². The molecule has 0 aromatic heterocycles. The summed E-state index contributed by atoms with van der Waals surface area (Å²) in [6.45, 7) is 13.8. The van der Waals surface area contributed by atoms with Gasteiger partial charge in [-0.05, 0) is 72.7 Å². The van der Waals surface area contributed by atoms with E-state index < -0.39 is 92.1 Å². The minimum atomic E-state index is -6.09. The van der Waals surface area contributed by atoms with Gasteiger partial charge in [-0.25, -0.2) is 21.6 Å². The molecule has 0 spiro atoms. The molecule has 4 amide bonds. The standard InChI is InChI=1S/C28H37N5O7.C10H15.2CHF3O3S.Rh/c1-17(2)12-23(28(39)40)33-27(38)22(14-18-6-4-3-5-7-18)32-25(36)16-30-24(35)15-31-26(37)21(29)13-19-8-10-20(34)11-9-19;1-6-7(2)9(4)10(5)8(6)3;2*2-1(3,4)8(5,6)7;/h3-11,17,21-23,34H,12-16,29H2,1-2H3,(H,30,35)(H,31,37)(H,32,36)(H,33,38)(H,39,40);1-5H3;2*(H,5,6,7);/q;;;;+2/p-2/t21-,22-,23-;;;;/m0..../s1. The van der Waals surface area contributed by atoms with E-state index in [1.807, 2.05) is 13.8 Å². The Morgan fingerprint density at radius 3 is 1.43 bits per heavy atom. The molecule has 378 valence electrons. The maximum atomic E-state index is 13.0. The van der Waals surface area contributed by atoms with Crippen LogP contribution in [0.25, 0.3) is 0 Å². The van der Waals surface area contributed by atoms with E-state index in [0.717, 1.165) is 11.5 Å². The van der Waals surface area contributed by atoms with Crippen molar-refractivity contribution in [1.82, 2.24) is 21.3 Å². The fraction of sp³-hybridized carbons (Fsp3) is 0.450. The molecule has 67 heavy (non-hydrogen) atoms. The molecule has 2 saturated carbocycles. The van der Waals surface area contributed by atoms with Crippen molar-refractivity contribution >= 4 is 49.8 Å². The summed E-state index contributed by atoms with van der Waals surface area (Å²) in [5, 5.41) is 28.6. The molecule has 0 saturated heterocycles. The van der Waals surface area contributed by atoms with E-state index in [-0.39, 0.29) is 50.8 Å². The van der Waals surface area contributed by atoms with Gasteiger partial charge in [0.25, 0.3) is 0 Å². The zero-order chi connectivity index (χ0) is 51.5. The summed E-state index contributed by atoms with van der Waals surface area (Å²) >= 11 is 0. The minimum absolute atomic E-state index is 0. The molecule has 2 aliphatic carbocycles. The summed E-state index contributed by atoms with van der Waals surface area (Å²) < 4.78 is 118. The summed E-state index contributed by atoms with van der Waals surface area (Å²) in [6.07, 6.45) is 6.82. The predicted octanol–water partition coefficient (Wildman–Crippen LogP) is 2.66. The molecule has 0 unspecified atom stereocenters. The number of benzene rings is 1. The number of carbonyl (C=O) groups excluding carboxylic acids is 4. The molecule has 8 N–H and O–H groups in total. The Kier molecular flexibility index (Phi) is 28.9. The van der Waals surface area contributed by atoms with Gasteiger partial charge in [0.1, 0.15) is 18.2 Å². The first-order valence-corrected chi connectivity index (χ1v) is 22.0. The molecule has 2 fully saturated rings. The summed E-state index contributed by atoms with van der Waals surface area (Å²) in [5.41, 5.74) is -4.67. The smallest absolute Gasteiger partial charge is 0.741 e. The molecule has 18 nitrogen and oxygen atoms in total. The fourth-order valence-electron chi connectivity index (χ4n) is 5.19. The van der Waals surface area contributed by atoms with E-state index in [0.29, 0.717) is 0 Å². The Hall–Kier alpha value is -3.49. The maximum Gasteiger partial charge on any atom is 2.00 e. The normalized spacial score (nSPS) is 17.4. The van der Waals surface area contributed by atoms with Crippen LogP contribution < -0.4 is 27.0 Å². The van der Waals surface area contributed by atoms with Gasteiger partial charge in [0, 0.05) is 19.3 Å². The third kappa shape index (κ3) is 25.6. The molecule has 0 bridgehead atoms. The summed E-state index contributed by atoms with van der Waals surface area (Å²) in [5.74, 6) is 4.36. The largest absolute Gasteiger partial charge is 2.00 e. The molecule has 1 aromatic rings. The zero-order valence-electron chi connectivity index (χ0n) is 36.9. The average Bonchev–Trinajstić information content (AvgIpc) is 3.35. The van der Waals surface area contributed by atoms with Crippen molar-refractivity contribution in [2.75, 3.05) is 13.1 Å². The van der Waals surface area contributed by atoms with Crippen LogP contribution in [0.5, 0.6) is 0 Å². The molecule has 0 heterocycles. The van der Waals surface area contributed by atoms with E-state index >= 15 is 0 Å². The van der Waals surface area contributed by atoms with Gasteiger partial charge in [0.15, 0.2) is 20.2 Å². The van der Waals surface area contributed by atoms with Gasteiger partial charge in [0.05, 0.1) is 19.1 Å².